The SMILES string of the molecule is c1ccc2c(c1)oc1cc(-c3ccc4c5ccccc5n(-c5ccc(-c6nc(-c7ccc8cc(-n9c%10ccccc%10c%10ccc(-c%11ccc%12c(c%11)oc%11ccccc%11%12)cc%109)ccc8c7)nc7ccc(-c8ccc9cc(-n%10c%11ccccc%11c%11ccc(-c%12ccc%13c(c%12)oc%12ccccc%12%13)cc%11%10)ccc9c8)cc67)cc5)c4c3)ccc12. The normalized spacial score (nSPS) is 12.2. The van der Waals surface area contributed by atoms with Gasteiger partial charge in [0.2, 0.25) is 0 Å². The number of para-hydroxylation sites is 6. The molecule has 0 saturated heterocycles. The highest BCUT2D eigenvalue weighted by atomic mass is 16.3. The van der Waals surface area contributed by atoms with Crippen molar-refractivity contribution in [1.29, 1.82) is 0 Å². The van der Waals surface area contributed by atoms with Gasteiger partial charge in [0.1, 0.15) is 33.5 Å². The molecule has 8 heteroatoms. The molecule has 0 N–H and O–H groups in total. The molecule has 8 nitrogen and oxygen atoms in total. The Morgan fingerprint density at radius 2 is 0.474 bits per heavy atom. The van der Waals surface area contributed by atoms with E-state index in [1.807, 2.05) is 36.4 Å². The number of hydrogen-bond donors (Lipinski definition) is 0. The van der Waals surface area contributed by atoms with Crippen LogP contribution in [0.3, 0.4) is 0 Å². The molecule has 0 radical (unpaired) electrons. The molecule has 0 fully saturated rings. The molecule has 0 aliphatic carbocycles. The van der Waals surface area contributed by atoms with Crippen molar-refractivity contribution in [2.75, 3.05) is 0 Å². The molecule has 0 aliphatic heterocycles. The van der Waals surface area contributed by atoms with Gasteiger partial charge in [-0.05, 0) is 218 Å². The Bertz CT molecular complexity index is 8450. The van der Waals surface area contributed by atoms with E-state index in [1.54, 1.807) is 0 Å². The third-order valence-electron chi connectivity index (χ3n) is 24.0. The van der Waals surface area contributed by atoms with E-state index < -0.39 is 0 Å². The van der Waals surface area contributed by atoms with Crippen molar-refractivity contribution < 1.29 is 13.3 Å². The Balaban J connectivity index is 0.597. The summed E-state index contributed by atoms with van der Waals surface area (Å²) in [4.78, 5) is 11.2. The van der Waals surface area contributed by atoms with Crippen molar-refractivity contribution in [1.82, 2.24) is 23.7 Å². The fourth-order valence-electron chi connectivity index (χ4n) is 18.5. The number of fused-ring (bicyclic) bond motifs is 21. The minimum Gasteiger partial charge on any atom is -0.456 e. The molecule has 25 aromatic rings. The molecule has 0 saturated carbocycles. The zero-order valence-electron chi connectivity index (χ0n) is 61.2. The Labute approximate surface area is 650 Å². The van der Waals surface area contributed by atoms with E-state index in [4.69, 9.17) is 23.2 Å². The standard InChI is InChI=1S/C106H61N5O3/c1-7-19-93-79(13-1)82-44-33-69(72-36-47-88-85-16-4-10-22-99(85)112-102(88)59-72)56-96(82)109(93)76-40-29-62(30-41-76)105-91-55-68(63-25-26-66-53-77(42-31-64(66)51-63)110-94-20-8-2-14-80(94)83-45-34-70(57-97(83)110)73-37-48-89-86-17-5-11-23-100(86)113-103(89)60-73)39-50-92(91)107-106(108-105)75-28-27-67-54-78(43-32-65(67)52-75)111-95-21-9-3-15-81(95)84-46-35-71(58-98(84)111)74-38-49-90-87-18-6-12-24-101(87)114-104(90)61-74/h1-61H. The zero-order valence-corrected chi connectivity index (χ0v) is 61.2. The zero-order chi connectivity index (χ0) is 74.4. The Morgan fingerprint density at radius 1 is 0.175 bits per heavy atom. The predicted octanol–water partition coefficient (Wildman–Crippen LogP) is 28.9. The maximum absolute atomic E-state index is 6.41. The van der Waals surface area contributed by atoms with Gasteiger partial charge in [-0.15, -0.1) is 0 Å². The van der Waals surface area contributed by atoms with Crippen LogP contribution in [0.1, 0.15) is 0 Å². The van der Waals surface area contributed by atoms with Crippen LogP contribution in [0.4, 0.5) is 0 Å². The minimum atomic E-state index is 0.650. The summed E-state index contributed by atoms with van der Waals surface area (Å²) in [7, 11) is 0. The van der Waals surface area contributed by atoms with E-state index in [-0.39, 0.29) is 0 Å². The first-order valence-electron chi connectivity index (χ1n) is 38.8. The molecule has 0 unspecified atom stereocenters. The predicted molar refractivity (Wildman–Crippen MR) is 472 cm³/mol. The Kier molecular flexibility index (Phi) is 13.2. The molecule has 0 spiro atoms. The first kappa shape index (κ1) is 62.5. The van der Waals surface area contributed by atoms with Crippen LogP contribution in [-0.4, -0.2) is 23.7 Å². The lowest BCUT2D eigenvalue weighted by Crippen LogP contribution is -1.98. The molecule has 25 rings (SSSR count). The van der Waals surface area contributed by atoms with Gasteiger partial charge in [-0.3, -0.25) is 0 Å². The number of rotatable bonds is 9. The fraction of sp³-hybridized carbons (Fsp3) is 0. The van der Waals surface area contributed by atoms with E-state index in [0.717, 1.165) is 210 Å². The van der Waals surface area contributed by atoms with E-state index >= 15 is 0 Å². The summed E-state index contributed by atoms with van der Waals surface area (Å²) in [5.74, 6) is 0.650. The molecule has 0 amide bonds. The summed E-state index contributed by atoms with van der Waals surface area (Å²) < 4.78 is 26.4. The third-order valence-corrected chi connectivity index (χ3v) is 24.0. The summed E-state index contributed by atoms with van der Waals surface area (Å²) in [6.07, 6.45) is 0. The summed E-state index contributed by atoms with van der Waals surface area (Å²) in [5, 5.41) is 19.4. The number of nitrogens with zero attached hydrogens (tertiary/aromatic N) is 5. The second kappa shape index (κ2) is 24.1. The quantitative estimate of drug-likeness (QED) is 0.144. The number of aromatic nitrogens is 5. The van der Waals surface area contributed by atoms with Crippen LogP contribution in [0.25, 0.3) is 248 Å². The summed E-state index contributed by atoms with van der Waals surface area (Å²) >= 11 is 0. The second-order valence-corrected chi connectivity index (χ2v) is 30.3. The van der Waals surface area contributed by atoms with Gasteiger partial charge in [0, 0.05) is 98.2 Å². The van der Waals surface area contributed by atoms with Crippen molar-refractivity contribution in [3.63, 3.8) is 0 Å². The van der Waals surface area contributed by atoms with E-state index in [2.05, 4.69) is 347 Å². The summed E-state index contributed by atoms with van der Waals surface area (Å²) in [5.41, 5.74) is 27.9. The third kappa shape index (κ3) is 9.58. The average molecular weight is 1450 g/mol. The van der Waals surface area contributed by atoms with Gasteiger partial charge in [0.05, 0.1) is 44.3 Å². The van der Waals surface area contributed by atoms with Crippen molar-refractivity contribution in [2.45, 2.75) is 0 Å². The average Bonchev–Trinajstić information content (AvgIpc) is 1.58. The minimum absolute atomic E-state index is 0.650. The first-order chi connectivity index (χ1) is 56.4. The number of furan rings is 3. The van der Waals surface area contributed by atoms with Crippen LogP contribution in [0.2, 0.25) is 0 Å². The van der Waals surface area contributed by atoms with Crippen molar-refractivity contribution in [3.8, 4) is 84.2 Å². The number of benzene rings is 18. The van der Waals surface area contributed by atoms with Crippen LogP contribution >= 0.6 is 0 Å². The van der Waals surface area contributed by atoms with E-state index in [9.17, 15) is 0 Å². The maximum atomic E-state index is 6.41. The van der Waals surface area contributed by atoms with Gasteiger partial charge in [-0.25, -0.2) is 9.97 Å². The highest BCUT2D eigenvalue weighted by Crippen LogP contribution is 2.45. The molecule has 7 aromatic heterocycles. The van der Waals surface area contributed by atoms with Crippen molar-refractivity contribution in [2.24, 2.45) is 0 Å². The molecule has 7 heterocycles. The lowest BCUT2D eigenvalue weighted by molar-refractivity contribution is 0.668. The van der Waals surface area contributed by atoms with Crippen molar-refractivity contribution in [3.05, 3.63) is 370 Å². The molecule has 528 valence electrons. The van der Waals surface area contributed by atoms with Gasteiger partial charge in [-0.1, -0.05) is 218 Å². The topological polar surface area (TPSA) is 80.0 Å². The molecule has 0 atom stereocenters. The number of hydrogen-bond acceptors (Lipinski definition) is 5. The lowest BCUT2D eigenvalue weighted by Gasteiger charge is -2.14. The second-order valence-electron chi connectivity index (χ2n) is 30.3. The van der Waals surface area contributed by atoms with Gasteiger partial charge >= 0.3 is 0 Å². The van der Waals surface area contributed by atoms with Gasteiger partial charge in [0.15, 0.2) is 5.82 Å². The Hall–Kier alpha value is -15.4. The Morgan fingerprint density at radius 3 is 0.930 bits per heavy atom. The maximum Gasteiger partial charge on any atom is 0.160 e. The van der Waals surface area contributed by atoms with Crippen LogP contribution in [0.15, 0.2) is 383 Å². The monoisotopic (exact) mass is 1450 g/mol. The van der Waals surface area contributed by atoms with Crippen LogP contribution < -0.4 is 0 Å². The molecule has 0 bridgehead atoms. The van der Waals surface area contributed by atoms with E-state index in [1.165, 1.54) is 32.3 Å². The first-order valence-corrected chi connectivity index (χ1v) is 38.8. The largest absolute Gasteiger partial charge is 0.456 e. The fourth-order valence-corrected chi connectivity index (χ4v) is 18.5. The van der Waals surface area contributed by atoms with Crippen LogP contribution in [-0.2, 0) is 0 Å². The van der Waals surface area contributed by atoms with Crippen LogP contribution in [0.5, 0.6) is 0 Å². The molecule has 18 aromatic carbocycles. The van der Waals surface area contributed by atoms with Crippen molar-refractivity contribution >= 4 is 164 Å². The molecular weight excluding hydrogens is 1390 g/mol. The highest BCUT2D eigenvalue weighted by Gasteiger charge is 2.22. The molecule has 114 heavy (non-hydrogen) atoms. The van der Waals surface area contributed by atoms with Gasteiger partial charge in [0.25, 0.3) is 0 Å². The lowest BCUT2D eigenvalue weighted by atomic mass is 9.97. The molecule has 0 aliphatic rings. The highest BCUT2D eigenvalue weighted by molar-refractivity contribution is 6.15. The van der Waals surface area contributed by atoms with Gasteiger partial charge in [-0.2, -0.15) is 0 Å². The van der Waals surface area contributed by atoms with Gasteiger partial charge < -0.3 is 27.0 Å². The molecular formula is C106H61N5O3. The van der Waals surface area contributed by atoms with Crippen LogP contribution in [0, 0.1) is 0 Å². The summed E-state index contributed by atoms with van der Waals surface area (Å²) in [6, 6.07) is 134. The smallest absolute Gasteiger partial charge is 0.160 e. The van der Waals surface area contributed by atoms with E-state index in [0.29, 0.717) is 5.82 Å². The summed E-state index contributed by atoms with van der Waals surface area (Å²) in [6.45, 7) is 0.